The predicted octanol–water partition coefficient (Wildman–Crippen LogP) is 3.05. The highest BCUT2D eigenvalue weighted by Gasteiger charge is 2.38. The fourth-order valence-electron chi connectivity index (χ4n) is 4.88. The van der Waals surface area contributed by atoms with Crippen molar-refractivity contribution in [2.45, 2.75) is 62.8 Å². The molecule has 2 aromatic rings. The molecule has 3 fully saturated rings. The van der Waals surface area contributed by atoms with E-state index in [1.807, 2.05) is 0 Å². The first-order valence-corrected chi connectivity index (χ1v) is 11.1. The molecule has 1 saturated heterocycles. The van der Waals surface area contributed by atoms with Crippen LogP contribution in [0.1, 0.15) is 66.2 Å². The SMILES string of the molecule is O=C(c1nc2c(C(F)(F)F)cc(C3CC3)cc2[nH]1)N1CCN(C2CCC(O)CC2)C(=O)C1. The van der Waals surface area contributed by atoms with Crippen molar-refractivity contribution in [3.05, 3.63) is 29.1 Å². The van der Waals surface area contributed by atoms with Crippen molar-refractivity contribution in [3.8, 4) is 0 Å². The number of halogens is 3. The van der Waals surface area contributed by atoms with Gasteiger partial charge in [0.1, 0.15) is 12.1 Å². The van der Waals surface area contributed by atoms with Gasteiger partial charge in [0, 0.05) is 19.1 Å². The molecule has 2 N–H and O–H groups in total. The van der Waals surface area contributed by atoms with Gasteiger partial charge in [0.25, 0.3) is 5.91 Å². The average molecular weight is 450 g/mol. The fourth-order valence-corrected chi connectivity index (χ4v) is 4.88. The molecule has 0 unspecified atom stereocenters. The highest BCUT2D eigenvalue weighted by atomic mass is 19.4. The molecule has 0 atom stereocenters. The van der Waals surface area contributed by atoms with Gasteiger partial charge in [-0.3, -0.25) is 9.59 Å². The summed E-state index contributed by atoms with van der Waals surface area (Å²) in [7, 11) is 0. The van der Waals surface area contributed by atoms with Crippen molar-refractivity contribution in [1.29, 1.82) is 0 Å². The van der Waals surface area contributed by atoms with Gasteiger partial charge in [-0.25, -0.2) is 4.98 Å². The van der Waals surface area contributed by atoms with Crippen LogP contribution in [0.3, 0.4) is 0 Å². The molecule has 172 valence electrons. The minimum atomic E-state index is -4.58. The number of alkyl halides is 3. The molecule has 32 heavy (non-hydrogen) atoms. The summed E-state index contributed by atoms with van der Waals surface area (Å²) < 4.78 is 40.9. The van der Waals surface area contributed by atoms with Gasteiger partial charge in [0.2, 0.25) is 5.91 Å². The number of carbonyl (C=O) groups excluding carboxylic acids is 2. The zero-order valence-corrected chi connectivity index (χ0v) is 17.5. The van der Waals surface area contributed by atoms with Crippen molar-refractivity contribution >= 4 is 22.8 Å². The summed E-state index contributed by atoms with van der Waals surface area (Å²) in [6, 6.07) is 2.84. The quantitative estimate of drug-likeness (QED) is 0.752. The van der Waals surface area contributed by atoms with Crippen molar-refractivity contribution in [2.24, 2.45) is 0 Å². The Labute approximate surface area is 182 Å². The van der Waals surface area contributed by atoms with Crippen molar-refractivity contribution in [2.75, 3.05) is 19.6 Å². The summed E-state index contributed by atoms with van der Waals surface area (Å²) in [4.78, 5) is 35.5. The van der Waals surface area contributed by atoms with Crippen LogP contribution in [0.15, 0.2) is 12.1 Å². The number of hydrogen-bond donors (Lipinski definition) is 2. The van der Waals surface area contributed by atoms with Crippen LogP contribution in [-0.4, -0.2) is 68.5 Å². The number of piperazine rings is 1. The fraction of sp³-hybridized carbons (Fsp3) is 0.591. The first-order valence-electron chi connectivity index (χ1n) is 11.1. The van der Waals surface area contributed by atoms with E-state index in [9.17, 15) is 27.9 Å². The second kappa shape index (κ2) is 7.75. The van der Waals surface area contributed by atoms with Crippen LogP contribution in [0.4, 0.5) is 13.2 Å². The van der Waals surface area contributed by atoms with Gasteiger partial charge in [0.05, 0.1) is 17.2 Å². The molecule has 0 radical (unpaired) electrons. The summed E-state index contributed by atoms with van der Waals surface area (Å²) in [5, 5.41) is 9.68. The summed E-state index contributed by atoms with van der Waals surface area (Å²) in [5.41, 5.74) is -0.312. The van der Waals surface area contributed by atoms with E-state index >= 15 is 0 Å². The number of fused-ring (bicyclic) bond motifs is 1. The second-order valence-electron chi connectivity index (χ2n) is 9.10. The average Bonchev–Trinajstić information content (AvgIpc) is 3.51. The third kappa shape index (κ3) is 3.96. The molecular weight excluding hydrogens is 425 g/mol. The number of rotatable bonds is 3. The van der Waals surface area contributed by atoms with Crippen molar-refractivity contribution in [1.82, 2.24) is 19.8 Å². The molecule has 2 heterocycles. The minimum Gasteiger partial charge on any atom is -0.393 e. The van der Waals surface area contributed by atoms with Crippen LogP contribution in [0.25, 0.3) is 11.0 Å². The van der Waals surface area contributed by atoms with E-state index in [4.69, 9.17) is 0 Å². The first-order chi connectivity index (χ1) is 15.2. The molecule has 2 amide bonds. The number of aliphatic hydroxyl groups excluding tert-OH is 1. The van der Waals surface area contributed by atoms with Crippen LogP contribution in [0.2, 0.25) is 0 Å². The Morgan fingerprint density at radius 1 is 1.09 bits per heavy atom. The maximum atomic E-state index is 13.6. The number of amides is 2. The molecule has 2 aliphatic carbocycles. The molecular formula is C22H25F3N4O3. The maximum Gasteiger partial charge on any atom is 0.418 e. The van der Waals surface area contributed by atoms with Gasteiger partial charge in [-0.2, -0.15) is 13.2 Å². The molecule has 3 aliphatic rings. The maximum absolute atomic E-state index is 13.6. The normalized spacial score (nSPS) is 24.9. The number of aromatic nitrogens is 2. The highest BCUT2D eigenvalue weighted by molar-refractivity contribution is 5.97. The Kier molecular flexibility index (Phi) is 5.15. The van der Waals surface area contributed by atoms with Crippen molar-refractivity contribution < 1.29 is 27.9 Å². The van der Waals surface area contributed by atoms with Gasteiger partial charge < -0.3 is 19.9 Å². The van der Waals surface area contributed by atoms with E-state index in [1.165, 1.54) is 4.90 Å². The van der Waals surface area contributed by atoms with E-state index in [0.717, 1.165) is 31.7 Å². The van der Waals surface area contributed by atoms with Gasteiger partial charge in [0.15, 0.2) is 5.82 Å². The number of H-pyrrole nitrogens is 1. The molecule has 1 aromatic carbocycles. The number of nitrogens with one attached hydrogen (secondary N) is 1. The zero-order valence-electron chi connectivity index (χ0n) is 17.5. The lowest BCUT2D eigenvalue weighted by molar-refractivity contribution is -0.139. The molecule has 0 bridgehead atoms. The molecule has 1 aliphatic heterocycles. The predicted molar refractivity (Wildman–Crippen MR) is 109 cm³/mol. The monoisotopic (exact) mass is 450 g/mol. The lowest BCUT2D eigenvalue weighted by Gasteiger charge is -2.41. The van der Waals surface area contributed by atoms with E-state index in [0.29, 0.717) is 31.5 Å². The lowest BCUT2D eigenvalue weighted by atomic mass is 9.91. The Bertz CT molecular complexity index is 1050. The second-order valence-corrected chi connectivity index (χ2v) is 9.10. The number of nitrogens with zero attached hydrogens (tertiary/aromatic N) is 3. The Morgan fingerprint density at radius 2 is 1.81 bits per heavy atom. The van der Waals surface area contributed by atoms with Crippen LogP contribution in [0.5, 0.6) is 0 Å². The number of carbonyl (C=O) groups is 2. The largest absolute Gasteiger partial charge is 0.418 e. The van der Waals surface area contributed by atoms with Gasteiger partial charge >= 0.3 is 6.18 Å². The van der Waals surface area contributed by atoms with Crippen LogP contribution < -0.4 is 0 Å². The first kappa shape index (κ1) is 21.2. The number of aromatic amines is 1. The minimum absolute atomic E-state index is 0.0598. The number of benzene rings is 1. The highest BCUT2D eigenvalue weighted by Crippen LogP contribution is 2.44. The van der Waals surface area contributed by atoms with Crippen LogP contribution in [0, 0.1) is 0 Å². The smallest absolute Gasteiger partial charge is 0.393 e. The summed E-state index contributed by atoms with van der Waals surface area (Å²) in [6.45, 7) is 0.527. The Hall–Kier alpha value is -2.62. The third-order valence-electron chi connectivity index (χ3n) is 6.82. The number of imidazole rings is 1. The van der Waals surface area contributed by atoms with Gasteiger partial charge in [-0.15, -0.1) is 0 Å². The standard InChI is InChI=1S/C22H25F3N4O3/c23-22(24,25)16-9-13(12-1-2-12)10-17-19(16)27-20(26-17)21(32)28-7-8-29(18(31)11-28)14-3-5-15(30)6-4-14/h9-10,12,14-15,30H,1-8,11H2,(H,26,27). The number of hydrogen-bond acceptors (Lipinski definition) is 4. The van der Waals surface area contributed by atoms with Crippen LogP contribution >= 0.6 is 0 Å². The lowest BCUT2D eigenvalue weighted by Crippen LogP contribution is -2.56. The van der Waals surface area contributed by atoms with E-state index in [-0.39, 0.29) is 47.4 Å². The molecule has 0 spiro atoms. The number of aliphatic hydroxyl groups is 1. The summed E-state index contributed by atoms with van der Waals surface area (Å²) >= 11 is 0. The van der Waals surface area contributed by atoms with E-state index in [1.54, 1.807) is 11.0 Å². The zero-order chi connectivity index (χ0) is 22.6. The summed E-state index contributed by atoms with van der Waals surface area (Å²) in [5.74, 6) is -0.821. The topological polar surface area (TPSA) is 89.5 Å². The molecule has 10 heteroatoms. The molecule has 7 nitrogen and oxygen atoms in total. The Balaban J connectivity index is 1.35. The van der Waals surface area contributed by atoms with Gasteiger partial charge in [-0.1, -0.05) is 0 Å². The molecule has 5 rings (SSSR count). The van der Waals surface area contributed by atoms with E-state index < -0.39 is 17.6 Å². The third-order valence-corrected chi connectivity index (χ3v) is 6.82. The van der Waals surface area contributed by atoms with Crippen LogP contribution in [-0.2, 0) is 11.0 Å². The van der Waals surface area contributed by atoms with E-state index in [2.05, 4.69) is 9.97 Å². The van der Waals surface area contributed by atoms with Gasteiger partial charge in [-0.05, 0) is 62.1 Å². The Morgan fingerprint density at radius 3 is 2.44 bits per heavy atom. The summed E-state index contributed by atoms with van der Waals surface area (Å²) in [6.07, 6.45) is -0.416. The van der Waals surface area contributed by atoms with Crippen molar-refractivity contribution in [3.63, 3.8) is 0 Å². The molecule has 2 saturated carbocycles. The molecule has 1 aromatic heterocycles.